The van der Waals surface area contributed by atoms with Gasteiger partial charge in [-0.15, -0.1) is 0 Å². The molecule has 0 aliphatic carbocycles. The third kappa shape index (κ3) is 4.63. The zero-order valence-electron chi connectivity index (χ0n) is 8.39. The van der Waals surface area contributed by atoms with Crippen molar-refractivity contribution in [3.05, 3.63) is 11.6 Å². The van der Waals surface area contributed by atoms with E-state index in [-0.39, 0.29) is 5.91 Å². The van der Waals surface area contributed by atoms with Gasteiger partial charge in [-0.1, -0.05) is 18.2 Å². The summed E-state index contributed by atoms with van der Waals surface area (Å²) in [5.41, 5.74) is 0. The fraction of sp³-hybridized carbons (Fsp3) is 0.700. The molecule has 1 aliphatic rings. The average Bonchev–Trinajstić information content (AvgIpc) is 2.63. The van der Waals surface area contributed by atoms with Crippen molar-refractivity contribution in [2.24, 2.45) is 0 Å². The summed E-state index contributed by atoms with van der Waals surface area (Å²) in [5.74, 6) is 0.0544. The number of nitrogens with zero attached hydrogens (tertiary/aromatic N) is 1. The molecule has 0 spiro atoms. The van der Waals surface area contributed by atoms with E-state index in [9.17, 15) is 4.79 Å². The van der Waals surface area contributed by atoms with Crippen LogP contribution in [-0.4, -0.2) is 37.0 Å². The van der Waals surface area contributed by atoms with Crippen LogP contribution in [0.4, 0.5) is 0 Å². The van der Waals surface area contributed by atoms with E-state index in [1.54, 1.807) is 0 Å². The van der Waals surface area contributed by atoms with E-state index in [1.165, 1.54) is 12.8 Å². The van der Waals surface area contributed by atoms with E-state index in [0.717, 1.165) is 19.6 Å². The van der Waals surface area contributed by atoms with E-state index in [4.69, 9.17) is 11.6 Å². The van der Waals surface area contributed by atoms with Crippen molar-refractivity contribution in [3.63, 3.8) is 0 Å². The summed E-state index contributed by atoms with van der Waals surface area (Å²) in [6.07, 6.45) is 3.09. The fourth-order valence-corrected chi connectivity index (χ4v) is 1.62. The van der Waals surface area contributed by atoms with Gasteiger partial charge in [0.05, 0.1) is 6.54 Å². The first-order chi connectivity index (χ1) is 6.68. The first-order valence-corrected chi connectivity index (χ1v) is 5.38. The highest BCUT2D eigenvalue weighted by Crippen LogP contribution is 2.07. The van der Waals surface area contributed by atoms with Gasteiger partial charge in [-0.25, -0.2) is 0 Å². The Balaban J connectivity index is 2.05. The molecule has 0 aromatic rings. The van der Waals surface area contributed by atoms with Crippen molar-refractivity contribution in [1.29, 1.82) is 0 Å². The maximum atomic E-state index is 11.3. The molecule has 4 heteroatoms. The highest BCUT2D eigenvalue weighted by atomic mass is 35.5. The molecule has 1 fully saturated rings. The van der Waals surface area contributed by atoms with E-state index in [0.29, 0.717) is 18.0 Å². The number of amides is 1. The van der Waals surface area contributed by atoms with Crippen LogP contribution in [0.1, 0.15) is 19.3 Å². The van der Waals surface area contributed by atoms with Crippen molar-refractivity contribution in [2.75, 3.05) is 26.2 Å². The number of likely N-dealkylation sites (tertiary alicyclic amines) is 1. The number of carbonyl (C=O) groups is 1. The molecule has 1 heterocycles. The summed E-state index contributed by atoms with van der Waals surface area (Å²) in [6.45, 7) is 7.01. The maximum absolute atomic E-state index is 11.3. The Morgan fingerprint density at radius 3 is 2.64 bits per heavy atom. The van der Waals surface area contributed by atoms with Crippen molar-refractivity contribution in [3.8, 4) is 0 Å². The second kappa shape index (κ2) is 6.04. The molecular formula is C10H17ClN2O. The molecule has 14 heavy (non-hydrogen) atoms. The largest absolute Gasteiger partial charge is 0.351 e. The molecule has 0 bridgehead atoms. The van der Waals surface area contributed by atoms with E-state index >= 15 is 0 Å². The zero-order chi connectivity index (χ0) is 10.4. The van der Waals surface area contributed by atoms with Crippen molar-refractivity contribution in [2.45, 2.75) is 19.3 Å². The van der Waals surface area contributed by atoms with Crippen LogP contribution in [-0.2, 0) is 4.79 Å². The second-order valence-corrected chi connectivity index (χ2v) is 4.13. The van der Waals surface area contributed by atoms with Crippen molar-refractivity contribution < 1.29 is 4.79 Å². The third-order valence-corrected chi connectivity index (χ3v) is 2.46. The molecule has 0 unspecified atom stereocenters. The Morgan fingerprint density at radius 1 is 1.43 bits per heavy atom. The standard InChI is InChI=1S/C10H17ClN2O/c1-9(11)8-12-10(14)4-7-13-5-2-3-6-13/h1-8H2,(H,12,14). The van der Waals surface area contributed by atoms with Gasteiger partial charge in [0.15, 0.2) is 0 Å². The van der Waals surface area contributed by atoms with Crippen LogP contribution in [0.3, 0.4) is 0 Å². The lowest BCUT2D eigenvalue weighted by Crippen LogP contribution is -2.29. The van der Waals surface area contributed by atoms with Gasteiger partial charge in [-0.2, -0.15) is 0 Å². The first kappa shape index (κ1) is 11.5. The van der Waals surface area contributed by atoms with Gasteiger partial charge in [0, 0.05) is 18.0 Å². The molecule has 80 valence electrons. The van der Waals surface area contributed by atoms with Crippen molar-refractivity contribution >= 4 is 17.5 Å². The predicted octanol–water partition coefficient (Wildman–Crippen LogP) is 1.34. The van der Waals surface area contributed by atoms with Crippen molar-refractivity contribution in [1.82, 2.24) is 10.2 Å². The predicted molar refractivity (Wildman–Crippen MR) is 58.3 cm³/mol. The number of nitrogens with one attached hydrogen (secondary N) is 1. The van der Waals surface area contributed by atoms with E-state index in [1.807, 2.05) is 0 Å². The Hall–Kier alpha value is -0.540. The smallest absolute Gasteiger partial charge is 0.221 e. The van der Waals surface area contributed by atoms with Crippen LogP contribution in [0.5, 0.6) is 0 Å². The molecule has 1 N–H and O–H groups in total. The molecule has 3 nitrogen and oxygen atoms in total. The topological polar surface area (TPSA) is 32.3 Å². The van der Waals surface area contributed by atoms with Crippen LogP contribution in [0.2, 0.25) is 0 Å². The number of rotatable bonds is 5. The van der Waals surface area contributed by atoms with Gasteiger partial charge in [0.25, 0.3) is 0 Å². The summed E-state index contributed by atoms with van der Waals surface area (Å²) in [4.78, 5) is 13.6. The van der Waals surface area contributed by atoms with E-state index < -0.39 is 0 Å². The minimum atomic E-state index is 0.0544. The number of hydrogen-bond donors (Lipinski definition) is 1. The lowest BCUT2D eigenvalue weighted by atomic mass is 10.3. The van der Waals surface area contributed by atoms with Gasteiger partial charge < -0.3 is 10.2 Å². The van der Waals surface area contributed by atoms with Crippen LogP contribution >= 0.6 is 11.6 Å². The summed E-state index contributed by atoms with van der Waals surface area (Å²) < 4.78 is 0. The lowest BCUT2D eigenvalue weighted by molar-refractivity contribution is -0.121. The normalized spacial score (nSPS) is 16.9. The van der Waals surface area contributed by atoms with Gasteiger partial charge in [-0.05, 0) is 25.9 Å². The van der Waals surface area contributed by atoms with Gasteiger partial charge in [-0.3, -0.25) is 4.79 Å². The fourth-order valence-electron chi connectivity index (χ4n) is 1.55. The van der Waals surface area contributed by atoms with Crippen LogP contribution in [0.25, 0.3) is 0 Å². The van der Waals surface area contributed by atoms with E-state index in [2.05, 4.69) is 16.8 Å². The molecule has 1 aliphatic heterocycles. The molecule has 0 aromatic heterocycles. The molecule has 0 aromatic carbocycles. The van der Waals surface area contributed by atoms with Gasteiger partial charge in [0.2, 0.25) is 5.91 Å². The first-order valence-electron chi connectivity index (χ1n) is 5.01. The monoisotopic (exact) mass is 216 g/mol. The van der Waals surface area contributed by atoms with Gasteiger partial charge in [0.1, 0.15) is 0 Å². The molecule has 0 atom stereocenters. The molecule has 1 rings (SSSR count). The summed E-state index contributed by atoms with van der Waals surface area (Å²) in [6, 6.07) is 0. The SMILES string of the molecule is C=C(Cl)CNC(=O)CCN1CCCC1. The minimum Gasteiger partial charge on any atom is -0.351 e. The quantitative estimate of drug-likeness (QED) is 0.753. The second-order valence-electron chi connectivity index (χ2n) is 3.59. The van der Waals surface area contributed by atoms with Crippen LogP contribution in [0.15, 0.2) is 11.6 Å². The van der Waals surface area contributed by atoms with Crippen LogP contribution in [0, 0.1) is 0 Å². The van der Waals surface area contributed by atoms with Crippen LogP contribution < -0.4 is 5.32 Å². The van der Waals surface area contributed by atoms with Gasteiger partial charge >= 0.3 is 0 Å². The summed E-state index contributed by atoms with van der Waals surface area (Å²) in [7, 11) is 0. The molecule has 1 amide bonds. The Labute approximate surface area is 90.1 Å². The minimum absolute atomic E-state index is 0.0544. The number of hydrogen-bond acceptors (Lipinski definition) is 2. The average molecular weight is 217 g/mol. The molecule has 0 saturated carbocycles. The number of halogens is 1. The molecule has 1 saturated heterocycles. The highest BCUT2D eigenvalue weighted by Gasteiger charge is 2.12. The maximum Gasteiger partial charge on any atom is 0.221 e. The molecule has 0 radical (unpaired) electrons. The zero-order valence-corrected chi connectivity index (χ0v) is 9.15. The summed E-state index contributed by atoms with van der Waals surface area (Å²) >= 11 is 5.53. The summed E-state index contributed by atoms with van der Waals surface area (Å²) in [5, 5.41) is 3.18. The highest BCUT2D eigenvalue weighted by molar-refractivity contribution is 6.29. The molecular weight excluding hydrogens is 200 g/mol. The Bertz CT molecular complexity index is 212. The lowest BCUT2D eigenvalue weighted by Gasteiger charge is -2.13. The third-order valence-electron chi connectivity index (χ3n) is 2.33. The Kier molecular flexibility index (Phi) is 4.98. The Morgan fingerprint density at radius 2 is 2.07 bits per heavy atom. The number of carbonyl (C=O) groups excluding carboxylic acids is 1.